The Kier molecular flexibility index (Phi) is 4.27. The molecule has 0 atom stereocenters. The van der Waals surface area contributed by atoms with Gasteiger partial charge in [-0.25, -0.2) is 0 Å². The minimum absolute atomic E-state index is 0.190. The smallest absolute Gasteiger partial charge is 0.251 e. The molecule has 0 spiro atoms. The van der Waals surface area contributed by atoms with Gasteiger partial charge in [0.2, 0.25) is 0 Å². The van der Waals surface area contributed by atoms with Gasteiger partial charge in [-0.3, -0.25) is 4.79 Å². The van der Waals surface area contributed by atoms with Gasteiger partial charge in [0, 0.05) is 11.8 Å². The van der Waals surface area contributed by atoms with E-state index in [9.17, 15) is 4.79 Å². The van der Waals surface area contributed by atoms with Crippen molar-refractivity contribution >= 4 is 11.6 Å². The molecule has 1 aromatic carbocycles. The van der Waals surface area contributed by atoms with Gasteiger partial charge in [-0.15, -0.1) is 0 Å². The van der Waals surface area contributed by atoms with Crippen LogP contribution < -0.4 is 5.32 Å². The monoisotopic (exact) mass is 191 g/mol. The fraction of sp³-hybridized carbons (Fsp3) is 0.182. The summed E-state index contributed by atoms with van der Waals surface area (Å²) in [7, 11) is 0. The maximum atomic E-state index is 11.2. The van der Waals surface area contributed by atoms with Crippen LogP contribution in [0, 0.1) is 0 Å². The van der Waals surface area contributed by atoms with Crippen LogP contribution in [0.2, 0.25) is 0 Å². The molecule has 74 valence electrons. The molecule has 0 saturated heterocycles. The van der Waals surface area contributed by atoms with Gasteiger partial charge in [-0.05, 0) is 19.1 Å². The zero-order valence-corrected chi connectivity index (χ0v) is 8.07. The minimum atomic E-state index is -0.190. The van der Waals surface area contributed by atoms with E-state index in [-0.39, 0.29) is 5.91 Å². The first-order chi connectivity index (χ1) is 6.83. The van der Waals surface area contributed by atoms with E-state index in [1.165, 1.54) is 12.3 Å². The highest BCUT2D eigenvalue weighted by Gasteiger charge is 1.95. The average Bonchev–Trinajstić information content (AvgIpc) is 2.20. The van der Waals surface area contributed by atoms with Crippen molar-refractivity contribution in [2.24, 2.45) is 0 Å². The zero-order chi connectivity index (χ0) is 10.2. The van der Waals surface area contributed by atoms with Crippen LogP contribution in [0.5, 0.6) is 0 Å². The molecule has 1 rings (SSSR count). The number of hydrogen-bond donors (Lipinski definition) is 1. The Bertz CT molecular complexity index is 306. The van der Waals surface area contributed by atoms with Crippen molar-refractivity contribution in [2.75, 3.05) is 11.9 Å². The van der Waals surface area contributed by atoms with Crippen molar-refractivity contribution in [1.29, 1.82) is 0 Å². The molecule has 1 amide bonds. The van der Waals surface area contributed by atoms with Gasteiger partial charge in [0.15, 0.2) is 0 Å². The van der Waals surface area contributed by atoms with E-state index in [0.29, 0.717) is 6.61 Å². The molecule has 14 heavy (non-hydrogen) atoms. The Morgan fingerprint density at radius 2 is 2.14 bits per heavy atom. The molecule has 3 heteroatoms. The number of carbonyl (C=O) groups excluding carboxylic acids is 1. The van der Waals surface area contributed by atoms with Crippen LogP contribution in [-0.4, -0.2) is 12.5 Å². The normalized spacial score (nSPS) is 10.1. The van der Waals surface area contributed by atoms with Gasteiger partial charge in [0.25, 0.3) is 5.91 Å². The van der Waals surface area contributed by atoms with Gasteiger partial charge in [-0.2, -0.15) is 0 Å². The molecule has 0 fully saturated rings. The molecule has 0 saturated carbocycles. The topological polar surface area (TPSA) is 38.3 Å². The number of para-hydroxylation sites is 1. The fourth-order valence-corrected chi connectivity index (χ4v) is 0.912. The number of ether oxygens (including phenoxy) is 1. The molecule has 0 unspecified atom stereocenters. The lowest BCUT2D eigenvalue weighted by molar-refractivity contribution is -0.112. The largest absolute Gasteiger partial charge is 0.501 e. The molecule has 0 aliphatic heterocycles. The number of nitrogens with one attached hydrogen (secondary N) is 1. The third-order valence-corrected chi connectivity index (χ3v) is 1.52. The van der Waals surface area contributed by atoms with E-state index < -0.39 is 0 Å². The predicted octanol–water partition coefficient (Wildman–Crippen LogP) is 2.18. The predicted molar refractivity (Wildman–Crippen MR) is 55.8 cm³/mol. The number of anilines is 1. The number of benzene rings is 1. The van der Waals surface area contributed by atoms with Gasteiger partial charge >= 0.3 is 0 Å². The highest BCUT2D eigenvalue weighted by Crippen LogP contribution is 2.04. The van der Waals surface area contributed by atoms with Crippen molar-refractivity contribution in [3.63, 3.8) is 0 Å². The summed E-state index contributed by atoms with van der Waals surface area (Å²) in [5.41, 5.74) is 0.777. The number of rotatable bonds is 4. The first kappa shape index (κ1) is 10.3. The van der Waals surface area contributed by atoms with Crippen molar-refractivity contribution in [3.05, 3.63) is 42.7 Å². The van der Waals surface area contributed by atoms with Crippen molar-refractivity contribution < 1.29 is 9.53 Å². The zero-order valence-electron chi connectivity index (χ0n) is 8.07. The highest BCUT2D eigenvalue weighted by atomic mass is 16.5. The first-order valence-electron chi connectivity index (χ1n) is 4.47. The molecule has 0 radical (unpaired) electrons. The summed E-state index contributed by atoms with van der Waals surface area (Å²) in [6, 6.07) is 9.27. The molecule has 0 aromatic heterocycles. The lowest BCUT2D eigenvalue weighted by atomic mass is 10.3. The summed E-state index contributed by atoms with van der Waals surface area (Å²) in [6.07, 6.45) is 2.74. The first-order valence-corrected chi connectivity index (χ1v) is 4.47. The quantitative estimate of drug-likeness (QED) is 0.585. The van der Waals surface area contributed by atoms with E-state index in [2.05, 4.69) is 5.32 Å². The van der Waals surface area contributed by atoms with E-state index in [1.807, 2.05) is 37.3 Å². The lowest BCUT2D eigenvalue weighted by Crippen LogP contribution is -2.07. The number of hydrogen-bond acceptors (Lipinski definition) is 2. The van der Waals surface area contributed by atoms with Crippen LogP contribution in [-0.2, 0) is 9.53 Å². The lowest BCUT2D eigenvalue weighted by Gasteiger charge is -2.00. The molecule has 1 aromatic rings. The van der Waals surface area contributed by atoms with Crippen LogP contribution in [0.15, 0.2) is 42.7 Å². The van der Waals surface area contributed by atoms with E-state index >= 15 is 0 Å². The van der Waals surface area contributed by atoms with Crippen LogP contribution in [0.4, 0.5) is 5.69 Å². The summed E-state index contributed by atoms with van der Waals surface area (Å²) in [5, 5.41) is 2.70. The second-order valence-electron chi connectivity index (χ2n) is 2.61. The van der Waals surface area contributed by atoms with E-state index in [4.69, 9.17) is 4.74 Å². The Balaban J connectivity index is 2.42. The molecule has 0 aliphatic rings. The summed E-state index contributed by atoms with van der Waals surface area (Å²) in [6.45, 7) is 2.43. The summed E-state index contributed by atoms with van der Waals surface area (Å²) >= 11 is 0. The van der Waals surface area contributed by atoms with Crippen LogP contribution in [0.1, 0.15) is 6.92 Å². The van der Waals surface area contributed by atoms with Crippen molar-refractivity contribution in [2.45, 2.75) is 6.92 Å². The average molecular weight is 191 g/mol. The number of carbonyl (C=O) groups is 1. The molecule has 0 aliphatic carbocycles. The van der Waals surface area contributed by atoms with Crippen LogP contribution in [0.25, 0.3) is 0 Å². The molecule has 0 heterocycles. The fourth-order valence-electron chi connectivity index (χ4n) is 0.912. The van der Waals surface area contributed by atoms with Gasteiger partial charge in [0.05, 0.1) is 12.9 Å². The SMILES string of the molecule is CCO/C=C/C(=O)Nc1ccccc1. The van der Waals surface area contributed by atoms with Gasteiger partial charge in [-0.1, -0.05) is 18.2 Å². The van der Waals surface area contributed by atoms with Gasteiger partial charge < -0.3 is 10.1 Å². The Morgan fingerprint density at radius 1 is 1.43 bits per heavy atom. The second-order valence-corrected chi connectivity index (χ2v) is 2.61. The molecule has 1 N–H and O–H groups in total. The number of amides is 1. The van der Waals surface area contributed by atoms with Crippen LogP contribution in [0.3, 0.4) is 0 Å². The second kappa shape index (κ2) is 5.80. The summed E-state index contributed by atoms with van der Waals surface area (Å²) in [5.74, 6) is -0.190. The highest BCUT2D eigenvalue weighted by molar-refractivity contribution is 5.99. The van der Waals surface area contributed by atoms with E-state index in [0.717, 1.165) is 5.69 Å². The Labute approximate surface area is 83.4 Å². The van der Waals surface area contributed by atoms with Crippen molar-refractivity contribution in [3.8, 4) is 0 Å². The molecule has 0 bridgehead atoms. The van der Waals surface area contributed by atoms with Crippen molar-refractivity contribution in [1.82, 2.24) is 0 Å². The Hall–Kier alpha value is -1.77. The molecular formula is C11H13NO2. The maximum Gasteiger partial charge on any atom is 0.251 e. The third kappa shape index (κ3) is 3.76. The van der Waals surface area contributed by atoms with E-state index in [1.54, 1.807) is 0 Å². The summed E-state index contributed by atoms with van der Waals surface area (Å²) < 4.78 is 4.90. The molecule has 3 nitrogen and oxygen atoms in total. The minimum Gasteiger partial charge on any atom is -0.501 e. The Morgan fingerprint density at radius 3 is 2.79 bits per heavy atom. The van der Waals surface area contributed by atoms with Crippen LogP contribution >= 0.6 is 0 Å². The standard InChI is InChI=1S/C11H13NO2/c1-2-14-9-8-11(13)12-10-6-4-3-5-7-10/h3-9H,2H2,1H3,(H,12,13)/b9-8+. The molecular weight excluding hydrogens is 178 g/mol. The van der Waals surface area contributed by atoms with Gasteiger partial charge in [0.1, 0.15) is 0 Å². The summed E-state index contributed by atoms with van der Waals surface area (Å²) in [4.78, 5) is 11.2. The maximum absolute atomic E-state index is 11.2. The third-order valence-electron chi connectivity index (χ3n) is 1.52.